The number of carbonyl (C=O) groups excluding carboxylic acids is 1. The zero-order valence-electron chi connectivity index (χ0n) is 14.7. The van der Waals surface area contributed by atoms with Crippen molar-refractivity contribution in [2.75, 3.05) is 5.32 Å². The van der Waals surface area contributed by atoms with Gasteiger partial charge in [-0.3, -0.25) is 4.79 Å². The van der Waals surface area contributed by atoms with E-state index in [9.17, 15) is 4.79 Å². The highest BCUT2D eigenvalue weighted by atomic mass is 35.5. The van der Waals surface area contributed by atoms with E-state index in [4.69, 9.17) is 11.6 Å². The molecular weight excluding hydrogens is 356 g/mol. The number of anilines is 2. The van der Waals surface area contributed by atoms with Gasteiger partial charge in [-0.15, -0.1) is 0 Å². The van der Waals surface area contributed by atoms with E-state index in [-0.39, 0.29) is 5.78 Å². The van der Waals surface area contributed by atoms with E-state index in [1.165, 1.54) is 0 Å². The second-order valence-electron chi connectivity index (χ2n) is 6.38. The van der Waals surface area contributed by atoms with Gasteiger partial charge in [0.2, 0.25) is 0 Å². The summed E-state index contributed by atoms with van der Waals surface area (Å²) < 4.78 is 0. The SMILES string of the molecule is Cc1ccc2nc(Nc3ccccc3C(=O)c3ccccc3)cc(Cl)c2c1. The molecule has 3 aromatic carbocycles. The van der Waals surface area contributed by atoms with Gasteiger partial charge >= 0.3 is 0 Å². The molecule has 4 heteroatoms. The van der Waals surface area contributed by atoms with Crippen LogP contribution in [0.1, 0.15) is 21.5 Å². The first-order valence-electron chi connectivity index (χ1n) is 8.64. The average molecular weight is 373 g/mol. The highest BCUT2D eigenvalue weighted by Crippen LogP contribution is 2.29. The van der Waals surface area contributed by atoms with Gasteiger partial charge in [0, 0.05) is 22.6 Å². The molecule has 0 fully saturated rings. The molecule has 0 saturated heterocycles. The van der Waals surface area contributed by atoms with Crippen LogP contribution in [-0.4, -0.2) is 10.8 Å². The zero-order valence-corrected chi connectivity index (χ0v) is 15.5. The number of halogens is 1. The molecule has 4 aromatic rings. The number of rotatable bonds is 4. The lowest BCUT2D eigenvalue weighted by Crippen LogP contribution is -2.06. The number of hydrogen-bond donors (Lipinski definition) is 1. The monoisotopic (exact) mass is 372 g/mol. The number of aryl methyl sites for hydroxylation is 1. The molecule has 0 saturated carbocycles. The first-order valence-corrected chi connectivity index (χ1v) is 9.02. The summed E-state index contributed by atoms with van der Waals surface area (Å²) in [6, 6.07) is 24.4. The minimum Gasteiger partial charge on any atom is -0.340 e. The van der Waals surface area contributed by atoms with Crippen LogP contribution in [0, 0.1) is 6.92 Å². The van der Waals surface area contributed by atoms with E-state index < -0.39 is 0 Å². The topological polar surface area (TPSA) is 42.0 Å². The first-order chi connectivity index (χ1) is 13.1. The number of aromatic nitrogens is 1. The van der Waals surface area contributed by atoms with Crippen LogP contribution < -0.4 is 5.32 Å². The van der Waals surface area contributed by atoms with Crippen LogP contribution >= 0.6 is 11.6 Å². The Morgan fingerprint density at radius 2 is 1.67 bits per heavy atom. The summed E-state index contributed by atoms with van der Waals surface area (Å²) in [5.74, 6) is 0.561. The Hall–Kier alpha value is -3.17. The second kappa shape index (κ2) is 7.22. The fourth-order valence-corrected chi connectivity index (χ4v) is 3.29. The van der Waals surface area contributed by atoms with Gasteiger partial charge in [-0.05, 0) is 31.2 Å². The smallest absolute Gasteiger partial charge is 0.195 e. The molecule has 132 valence electrons. The fourth-order valence-electron chi connectivity index (χ4n) is 3.04. The summed E-state index contributed by atoms with van der Waals surface area (Å²) in [6.07, 6.45) is 0. The normalized spacial score (nSPS) is 10.7. The molecule has 0 aliphatic carbocycles. The van der Waals surface area contributed by atoms with Gasteiger partial charge in [-0.25, -0.2) is 4.98 Å². The van der Waals surface area contributed by atoms with Gasteiger partial charge in [0.05, 0.1) is 16.2 Å². The fraction of sp³-hybridized carbons (Fsp3) is 0.0435. The van der Waals surface area contributed by atoms with E-state index in [0.29, 0.717) is 27.7 Å². The molecule has 4 rings (SSSR count). The Balaban J connectivity index is 1.73. The summed E-state index contributed by atoms with van der Waals surface area (Å²) in [5.41, 5.74) is 3.87. The standard InChI is InChI=1S/C23H17ClN2O/c1-15-11-12-21-18(13-15)19(24)14-22(26-21)25-20-10-6-5-9-17(20)23(27)16-7-3-2-4-8-16/h2-14H,1H3,(H,25,26). The van der Waals surface area contributed by atoms with Gasteiger partial charge < -0.3 is 5.32 Å². The Bertz CT molecular complexity index is 1140. The first kappa shape index (κ1) is 17.3. The highest BCUT2D eigenvalue weighted by molar-refractivity contribution is 6.35. The predicted octanol–water partition coefficient (Wildman–Crippen LogP) is 6.17. The molecule has 0 atom stereocenters. The van der Waals surface area contributed by atoms with Crippen molar-refractivity contribution in [3.63, 3.8) is 0 Å². The number of pyridine rings is 1. The lowest BCUT2D eigenvalue weighted by atomic mass is 10.0. The lowest BCUT2D eigenvalue weighted by molar-refractivity contribution is 0.103. The Labute approximate surface area is 162 Å². The van der Waals surface area contributed by atoms with Crippen LogP contribution in [0.2, 0.25) is 5.02 Å². The number of benzene rings is 3. The molecule has 0 radical (unpaired) electrons. The van der Waals surface area contributed by atoms with Crippen molar-refractivity contribution in [3.05, 3.63) is 101 Å². The highest BCUT2D eigenvalue weighted by Gasteiger charge is 2.14. The third-order valence-corrected chi connectivity index (χ3v) is 4.70. The van der Waals surface area contributed by atoms with Crippen LogP contribution in [-0.2, 0) is 0 Å². The van der Waals surface area contributed by atoms with E-state index in [0.717, 1.165) is 16.5 Å². The molecule has 0 amide bonds. The van der Waals surface area contributed by atoms with E-state index >= 15 is 0 Å². The number of carbonyl (C=O) groups is 1. The number of hydrogen-bond acceptors (Lipinski definition) is 3. The second-order valence-corrected chi connectivity index (χ2v) is 6.78. The van der Waals surface area contributed by atoms with Crippen molar-refractivity contribution in [3.8, 4) is 0 Å². The average Bonchev–Trinajstić information content (AvgIpc) is 2.69. The molecule has 0 bridgehead atoms. The summed E-state index contributed by atoms with van der Waals surface area (Å²) >= 11 is 6.45. The summed E-state index contributed by atoms with van der Waals surface area (Å²) in [5, 5.41) is 4.79. The number of nitrogens with one attached hydrogen (secondary N) is 1. The van der Waals surface area contributed by atoms with Crippen molar-refractivity contribution >= 4 is 39.8 Å². The van der Waals surface area contributed by atoms with Crippen LogP contribution in [0.25, 0.3) is 10.9 Å². The van der Waals surface area contributed by atoms with E-state index in [2.05, 4.69) is 10.3 Å². The van der Waals surface area contributed by atoms with Crippen LogP contribution in [0.5, 0.6) is 0 Å². The molecule has 1 aromatic heterocycles. The van der Waals surface area contributed by atoms with Gasteiger partial charge in [0.15, 0.2) is 5.78 Å². The van der Waals surface area contributed by atoms with Crippen LogP contribution in [0.3, 0.4) is 0 Å². The minimum atomic E-state index is -0.0405. The summed E-state index contributed by atoms with van der Waals surface area (Å²) in [7, 11) is 0. The number of fused-ring (bicyclic) bond motifs is 1. The third-order valence-electron chi connectivity index (χ3n) is 4.38. The van der Waals surface area contributed by atoms with Gasteiger partial charge in [0.1, 0.15) is 5.82 Å². The van der Waals surface area contributed by atoms with E-state index in [1.54, 1.807) is 6.07 Å². The van der Waals surface area contributed by atoms with Gasteiger partial charge in [-0.2, -0.15) is 0 Å². The number of nitrogens with zero attached hydrogens (tertiary/aromatic N) is 1. The summed E-state index contributed by atoms with van der Waals surface area (Å²) in [6.45, 7) is 2.02. The Kier molecular flexibility index (Phi) is 4.61. The van der Waals surface area contributed by atoms with Crippen molar-refractivity contribution in [2.24, 2.45) is 0 Å². The van der Waals surface area contributed by atoms with Crippen LogP contribution in [0.4, 0.5) is 11.5 Å². The molecular formula is C23H17ClN2O. The summed E-state index contributed by atoms with van der Waals surface area (Å²) in [4.78, 5) is 17.5. The predicted molar refractivity (Wildman–Crippen MR) is 111 cm³/mol. The number of ketones is 1. The molecule has 1 heterocycles. The van der Waals surface area contributed by atoms with Gasteiger partial charge in [-0.1, -0.05) is 65.7 Å². The van der Waals surface area contributed by atoms with Crippen molar-refractivity contribution in [1.82, 2.24) is 4.98 Å². The molecule has 1 N–H and O–H groups in total. The third kappa shape index (κ3) is 3.55. The quantitative estimate of drug-likeness (QED) is 0.435. The van der Waals surface area contributed by atoms with Crippen molar-refractivity contribution < 1.29 is 4.79 Å². The molecule has 0 spiro atoms. The molecule has 27 heavy (non-hydrogen) atoms. The van der Waals surface area contributed by atoms with E-state index in [1.807, 2.05) is 79.7 Å². The minimum absolute atomic E-state index is 0.0405. The Morgan fingerprint density at radius 3 is 2.48 bits per heavy atom. The maximum Gasteiger partial charge on any atom is 0.195 e. The lowest BCUT2D eigenvalue weighted by Gasteiger charge is -2.12. The zero-order chi connectivity index (χ0) is 18.8. The largest absolute Gasteiger partial charge is 0.340 e. The van der Waals surface area contributed by atoms with Crippen LogP contribution in [0.15, 0.2) is 78.9 Å². The molecule has 0 unspecified atom stereocenters. The van der Waals surface area contributed by atoms with Crippen molar-refractivity contribution in [1.29, 1.82) is 0 Å². The Morgan fingerprint density at radius 1 is 0.926 bits per heavy atom. The maximum absolute atomic E-state index is 12.9. The molecule has 0 aliphatic rings. The number of para-hydroxylation sites is 1. The molecule has 3 nitrogen and oxygen atoms in total. The maximum atomic E-state index is 12.9. The van der Waals surface area contributed by atoms with Gasteiger partial charge in [0.25, 0.3) is 0 Å². The van der Waals surface area contributed by atoms with Crippen molar-refractivity contribution in [2.45, 2.75) is 6.92 Å². The molecule has 0 aliphatic heterocycles.